The number of carbonyl (C=O) groups is 1. The Kier molecular flexibility index (Phi) is 5.36. The van der Waals surface area contributed by atoms with Crippen LogP contribution >= 0.6 is 11.6 Å². The summed E-state index contributed by atoms with van der Waals surface area (Å²) in [6.07, 6.45) is 3.33. The van der Waals surface area contributed by atoms with Crippen LogP contribution < -0.4 is 10.6 Å². The van der Waals surface area contributed by atoms with Crippen molar-refractivity contribution in [2.75, 3.05) is 7.05 Å². The lowest BCUT2D eigenvalue weighted by atomic mass is 9.90. The average molecular weight is 346 g/mol. The molecule has 4 N–H and O–H groups in total. The molecule has 0 aliphatic rings. The fourth-order valence-electron chi connectivity index (χ4n) is 2.03. The van der Waals surface area contributed by atoms with Gasteiger partial charge in [-0.05, 0) is 18.2 Å². The Balaban J connectivity index is 2.30. The largest absolute Gasteiger partial charge is 0.304 e. The minimum Gasteiger partial charge on any atom is -0.304 e. The highest BCUT2D eigenvalue weighted by Gasteiger charge is 2.19. The highest BCUT2D eigenvalue weighted by atomic mass is 35.5. The summed E-state index contributed by atoms with van der Waals surface area (Å²) in [5, 5.41) is 13.9. The van der Waals surface area contributed by atoms with Gasteiger partial charge in [-0.25, -0.2) is 0 Å². The van der Waals surface area contributed by atoms with Crippen molar-refractivity contribution in [1.29, 1.82) is 5.41 Å². The smallest absolute Gasteiger partial charge is 0.261 e. The maximum atomic E-state index is 12.6. The van der Waals surface area contributed by atoms with Crippen molar-refractivity contribution in [3.8, 4) is 0 Å². The van der Waals surface area contributed by atoms with Gasteiger partial charge in [0.15, 0.2) is 0 Å². The number of hydrogen-bond donors (Lipinski definition) is 3. The summed E-state index contributed by atoms with van der Waals surface area (Å²) >= 11 is 6.24. The van der Waals surface area contributed by atoms with Crippen LogP contribution in [0.4, 0.5) is 0 Å². The number of nitrogens with two attached hydrogens (primary N) is 1. The van der Waals surface area contributed by atoms with E-state index in [1.807, 2.05) is 40.0 Å². The van der Waals surface area contributed by atoms with E-state index in [4.69, 9.17) is 17.0 Å². The van der Waals surface area contributed by atoms with Gasteiger partial charge in [-0.1, -0.05) is 38.4 Å². The molecule has 0 radical (unpaired) electrons. The van der Waals surface area contributed by atoms with Crippen LogP contribution in [-0.2, 0) is 0 Å². The Labute approximate surface area is 146 Å². The van der Waals surface area contributed by atoms with E-state index in [9.17, 15) is 4.79 Å². The van der Waals surface area contributed by atoms with Crippen molar-refractivity contribution in [2.24, 2.45) is 5.41 Å². The highest BCUT2D eigenvalue weighted by molar-refractivity contribution is 6.34. The Hall–Kier alpha value is -2.24. The van der Waals surface area contributed by atoms with Gasteiger partial charge < -0.3 is 10.7 Å². The third-order valence-electron chi connectivity index (χ3n) is 3.61. The van der Waals surface area contributed by atoms with E-state index >= 15 is 0 Å². The number of benzene rings is 1. The normalized spacial score (nSPS) is 12.3. The Morgan fingerprint density at radius 2 is 2.08 bits per heavy atom. The second-order valence-electron chi connectivity index (χ2n) is 6.53. The van der Waals surface area contributed by atoms with E-state index in [-0.39, 0.29) is 11.3 Å². The van der Waals surface area contributed by atoms with Gasteiger partial charge in [0.25, 0.3) is 5.91 Å². The minimum atomic E-state index is -0.321. The third kappa shape index (κ3) is 4.19. The number of nitrogens with one attached hydrogen (secondary N) is 2. The van der Waals surface area contributed by atoms with E-state index in [1.54, 1.807) is 29.7 Å². The lowest BCUT2D eigenvalue weighted by Crippen LogP contribution is -2.81. The second kappa shape index (κ2) is 7.11. The van der Waals surface area contributed by atoms with Gasteiger partial charge in [0.2, 0.25) is 5.82 Å². The molecule has 0 bridgehead atoms. The first-order valence-corrected chi connectivity index (χ1v) is 8.06. The first-order chi connectivity index (χ1) is 11.2. The maximum Gasteiger partial charge on any atom is 0.261 e. The van der Waals surface area contributed by atoms with Gasteiger partial charge in [0, 0.05) is 28.8 Å². The highest BCUT2D eigenvalue weighted by Crippen LogP contribution is 2.23. The molecular formula is C18H22ClN4O+. The number of amides is 1. The molecule has 0 saturated carbocycles. The van der Waals surface area contributed by atoms with Crippen LogP contribution in [0.1, 0.15) is 31.1 Å². The Morgan fingerprint density at radius 3 is 2.71 bits per heavy atom. The topological polar surface area (TPSA) is 82.5 Å². The predicted octanol–water partition coefficient (Wildman–Crippen LogP) is 2.72. The minimum absolute atomic E-state index is 0.288. The van der Waals surface area contributed by atoms with Crippen LogP contribution in [0.5, 0.6) is 0 Å². The first kappa shape index (κ1) is 18.1. The van der Waals surface area contributed by atoms with Gasteiger partial charge in [0.1, 0.15) is 0 Å². The van der Waals surface area contributed by atoms with Gasteiger partial charge >= 0.3 is 0 Å². The van der Waals surface area contributed by atoms with Crippen molar-refractivity contribution in [3.05, 3.63) is 52.9 Å². The van der Waals surface area contributed by atoms with Crippen molar-refractivity contribution in [2.45, 2.75) is 20.8 Å². The van der Waals surface area contributed by atoms with Crippen LogP contribution in [0, 0.1) is 10.8 Å². The van der Waals surface area contributed by atoms with Gasteiger partial charge in [0.05, 0.1) is 23.2 Å². The summed E-state index contributed by atoms with van der Waals surface area (Å²) in [6.45, 7) is 5.85. The maximum absolute atomic E-state index is 12.6. The first-order valence-electron chi connectivity index (χ1n) is 7.68. The lowest BCUT2D eigenvalue weighted by molar-refractivity contribution is -0.580. The summed E-state index contributed by atoms with van der Waals surface area (Å²) in [5.41, 5.74) is 1.21. The molecule has 1 aromatic heterocycles. The number of hydrogen-bond acceptors (Lipinski definition) is 3. The quantitative estimate of drug-likeness (QED) is 0.744. The second-order valence-corrected chi connectivity index (χ2v) is 6.94. The number of pyridine rings is 1. The van der Waals surface area contributed by atoms with Crippen molar-refractivity contribution >= 4 is 34.1 Å². The molecule has 0 saturated heterocycles. The molecule has 2 rings (SSSR count). The van der Waals surface area contributed by atoms with Crippen LogP contribution in [0.25, 0.3) is 10.9 Å². The molecule has 2 aromatic rings. The Bertz CT molecular complexity index is 821. The molecule has 0 spiro atoms. The molecular weight excluding hydrogens is 324 g/mol. The fourth-order valence-corrected chi connectivity index (χ4v) is 2.29. The van der Waals surface area contributed by atoms with E-state index in [0.717, 1.165) is 5.39 Å². The summed E-state index contributed by atoms with van der Waals surface area (Å²) in [6, 6.07) is 7.12. The van der Waals surface area contributed by atoms with Crippen LogP contribution in [0.15, 0.2) is 42.4 Å². The zero-order valence-corrected chi connectivity index (χ0v) is 15.0. The number of aromatic nitrogens is 1. The molecule has 0 aliphatic carbocycles. The van der Waals surface area contributed by atoms with Crippen LogP contribution in [-0.4, -0.2) is 23.7 Å². The van der Waals surface area contributed by atoms with Crippen LogP contribution in [0.2, 0.25) is 5.02 Å². The van der Waals surface area contributed by atoms with Crippen molar-refractivity contribution in [3.63, 3.8) is 0 Å². The van der Waals surface area contributed by atoms with Crippen molar-refractivity contribution < 1.29 is 10.1 Å². The average Bonchev–Trinajstić information content (AvgIpc) is 2.52. The molecule has 126 valence electrons. The van der Waals surface area contributed by atoms with E-state index < -0.39 is 0 Å². The van der Waals surface area contributed by atoms with Gasteiger partial charge in [-0.3, -0.25) is 15.1 Å². The molecule has 1 amide bonds. The monoisotopic (exact) mass is 345 g/mol. The SMILES string of the molecule is C[NH2+]/C(=C\C(=N)C(C)(C)C)NC(=O)c1cc2ncccc2cc1Cl. The number of rotatable bonds is 4. The number of carbonyl (C=O) groups excluding carboxylic acids is 1. The number of quaternary nitrogens is 1. The summed E-state index contributed by atoms with van der Waals surface area (Å²) in [7, 11) is 1.81. The van der Waals surface area contributed by atoms with Crippen LogP contribution in [0.3, 0.4) is 0 Å². The standard InChI is InChI=1S/C18H21ClN4O/c1-18(2,3)15(20)10-16(21-4)23-17(24)12-9-14-11(8-13(12)19)6-5-7-22-14/h5-10,20-21H,1-4H3,(H,23,24)/p+1/b16-10+,20-15?. The molecule has 5 nitrogen and oxygen atoms in total. The molecule has 1 aromatic carbocycles. The molecule has 0 fully saturated rings. The van der Waals surface area contributed by atoms with E-state index in [2.05, 4.69) is 10.3 Å². The molecule has 0 aliphatic heterocycles. The zero-order valence-electron chi connectivity index (χ0n) is 14.3. The van der Waals surface area contributed by atoms with E-state index in [0.29, 0.717) is 27.6 Å². The molecule has 1 heterocycles. The van der Waals surface area contributed by atoms with E-state index in [1.165, 1.54) is 0 Å². The number of nitrogens with zero attached hydrogens (tertiary/aromatic N) is 1. The zero-order chi connectivity index (χ0) is 17.9. The van der Waals surface area contributed by atoms with Gasteiger partial charge in [-0.2, -0.15) is 0 Å². The summed E-state index contributed by atoms with van der Waals surface area (Å²) in [4.78, 5) is 16.8. The predicted molar refractivity (Wildman–Crippen MR) is 97.3 cm³/mol. The van der Waals surface area contributed by atoms with Gasteiger partial charge in [-0.15, -0.1) is 0 Å². The molecule has 0 atom stereocenters. The summed E-state index contributed by atoms with van der Waals surface area (Å²) in [5.74, 6) is 0.246. The molecule has 6 heteroatoms. The summed E-state index contributed by atoms with van der Waals surface area (Å²) < 4.78 is 0. The third-order valence-corrected chi connectivity index (χ3v) is 3.93. The molecule has 0 unspecified atom stereocenters. The fraction of sp³-hybridized carbons (Fsp3) is 0.278. The van der Waals surface area contributed by atoms with Crippen molar-refractivity contribution in [1.82, 2.24) is 10.3 Å². The lowest BCUT2D eigenvalue weighted by Gasteiger charge is -2.17. The number of halogens is 1. The Morgan fingerprint density at radius 1 is 1.38 bits per heavy atom. The molecule has 24 heavy (non-hydrogen) atoms. The number of allylic oxidation sites excluding steroid dienone is 1. The number of fused-ring (bicyclic) bond motifs is 1.